The summed E-state index contributed by atoms with van der Waals surface area (Å²) in [6.07, 6.45) is 7.62. The predicted molar refractivity (Wildman–Crippen MR) is 42.4 cm³/mol. The number of cyclic esters (lactones) is 1. The Morgan fingerprint density at radius 1 is 1.42 bits per heavy atom. The van der Waals surface area contributed by atoms with Crippen molar-refractivity contribution in [2.75, 3.05) is 0 Å². The van der Waals surface area contributed by atoms with E-state index in [1.54, 1.807) is 6.08 Å². The standard InChI is InChI=1S/C9H12O3/c10-8-5-6-9(12-8)11-7-3-1-2-4-7/h5-7,9H,1-4H2. The van der Waals surface area contributed by atoms with Gasteiger partial charge in [-0.25, -0.2) is 4.79 Å². The van der Waals surface area contributed by atoms with Crippen molar-refractivity contribution < 1.29 is 14.3 Å². The molecule has 0 aromatic rings. The van der Waals surface area contributed by atoms with E-state index in [2.05, 4.69) is 0 Å². The molecule has 2 aliphatic rings. The molecule has 0 aromatic heterocycles. The molecule has 0 aromatic carbocycles. The second-order valence-corrected chi connectivity index (χ2v) is 3.21. The molecule has 1 fully saturated rings. The van der Waals surface area contributed by atoms with Gasteiger partial charge in [-0.1, -0.05) is 12.8 Å². The van der Waals surface area contributed by atoms with Crippen LogP contribution in [0, 0.1) is 0 Å². The minimum atomic E-state index is -0.416. The molecule has 0 spiro atoms. The minimum Gasteiger partial charge on any atom is -0.429 e. The van der Waals surface area contributed by atoms with Crippen molar-refractivity contribution >= 4 is 5.97 Å². The molecule has 0 radical (unpaired) electrons. The Balaban J connectivity index is 1.79. The smallest absolute Gasteiger partial charge is 0.333 e. The van der Waals surface area contributed by atoms with Gasteiger partial charge in [-0.05, 0) is 18.9 Å². The summed E-state index contributed by atoms with van der Waals surface area (Å²) >= 11 is 0. The average Bonchev–Trinajstić information content (AvgIpc) is 2.63. The summed E-state index contributed by atoms with van der Waals surface area (Å²) < 4.78 is 10.4. The van der Waals surface area contributed by atoms with E-state index in [9.17, 15) is 4.79 Å². The third kappa shape index (κ3) is 1.67. The van der Waals surface area contributed by atoms with Gasteiger partial charge in [0.15, 0.2) is 0 Å². The molecule has 12 heavy (non-hydrogen) atoms. The van der Waals surface area contributed by atoms with Gasteiger partial charge in [-0.2, -0.15) is 0 Å². The second-order valence-electron chi connectivity index (χ2n) is 3.21. The van der Waals surface area contributed by atoms with E-state index < -0.39 is 6.29 Å². The van der Waals surface area contributed by atoms with E-state index in [0.29, 0.717) is 6.10 Å². The Bertz CT molecular complexity index is 204. The molecular formula is C9H12O3. The first kappa shape index (κ1) is 7.80. The van der Waals surface area contributed by atoms with Crippen molar-refractivity contribution in [3.05, 3.63) is 12.2 Å². The maximum Gasteiger partial charge on any atom is 0.333 e. The number of carbonyl (C=O) groups is 1. The van der Waals surface area contributed by atoms with Gasteiger partial charge in [0.1, 0.15) is 0 Å². The fourth-order valence-electron chi connectivity index (χ4n) is 1.64. The Morgan fingerprint density at radius 2 is 2.17 bits per heavy atom. The number of rotatable bonds is 2. The van der Waals surface area contributed by atoms with Gasteiger partial charge >= 0.3 is 5.97 Å². The molecule has 1 aliphatic heterocycles. The molecule has 0 bridgehead atoms. The van der Waals surface area contributed by atoms with Gasteiger partial charge in [-0.3, -0.25) is 0 Å². The lowest BCUT2D eigenvalue weighted by Gasteiger charge is -2.15. The lowest BCUT2D eigenvalue weighted by Crippen LogP contribution is -2.19. The molecule has 1 atom stereocenters. The fourth-order valence-corrected chi connectivity index (χ4v) is 1.64. The fraction of sp³-hybridized carbons (Fsp3) is 0.667. The Labute approximate surface area is 71.3 Å². The highest BCUT2D eigenvalue weighted by Crippen LogP contribution is 2.23. The zero-order valence-corrected chi connectivity index (χ0v) is 6.86. The Hall–Kier alpha value is -0.830. The number of esters is 1. The molecule has 1 unspecified atom stereocenters. The molecule has 1 saturated carbocycles. The highest BCUT2D eigenvalue weighted by molar-refractivity contribution is 5.84. The molecule has 3 nitrogen and oxygen atoms in total. The van der Waals surface area contributed by atoms with Crippen LogP contribution in [0.5, 0.6) is 0 Å². The third-order valence-corrected chi connectivity index (χ3v) is 2.25. The van der Waals surface area contributed by atoms with Crippen molar-refractivity contribution in [1.82, 2.24) is 0 Å². The van der Waals surface area contributed by atoms with Crippen LogP contribution < -0.4 is 0 Å². The van der Waals surface area contributed by atoms with Crippen LogP contribution in [-0.4, -0.2) is 18.4 Å². The van der Waals surface area contributed by atoms with Gasteiger partial charge in [0, 0.05) is 6.08 Å². The van der Waals surface area contributed by atoms with Crippen LogP contribution in [0.3, 0.4) is 0 Å². The van der Waals surface area contributed by atoms with E-state index in [0.717, 1.165) is 12.8 Å². The average molecular weight is 168 g/mol. The molecule has 0 N–H and O–H groups in total. The quantitative estimate of drug-likeness (QED) is 0.584. The van der Waals surface area contributed by atoms with Crippen LogP contribution in [0.2, 0.25) is 0 Å². The van der Waals surface area contributed by atoms with Gasteiger partial charge in [0.05, 0.1) is 6.10 Å². The summed E-state index contributed by atoms with van der Waals surface area (Å²) in [5.74, 6) is -0.294. The first-order valence-corrected chi connectivity index (χ1v) is 4.39. The van der Waals surface area contributed by atoms with Crippen molar-refractivity contribution in [2.24, 2.45) is 0 Å². The summed E-state index contributed by atoms with van der Waals surface area (Å²) in [5.41, 5.74) is 0. The maximum absolute atomic E-state index is 10.6. The van der Waals surface area contributed by atoms with Crippen molar-refractivity contribution in [3.63, 3.8) is 0 Å². The SMILES string of the molecule is O=C1C=CC(OC2CCCC2)O1. The number of hydrogen-bond donors (Lipinski definition) is 0. The highest BCUT2D eigenvalue weighted by Gasteiger charge is 2.23. The zero-order valence-electron chi connectivity index (χ0n) is 6.86. The summed E-state index contributed by atoms with van der Waals surface area (Å²) in [6, 6.07) is 0. The van der Waals surface area contributed by atoms with Gasteiger partial charge in [0.25, 0.3) is 0 Å². The molecule has 2 rings (SSSR count). The first-order valence-electron chi connectivity index (χ1n) is 4.39. The molecule has 1 aliphatic carbocycles. The van der Waals surface area contributed by atoms with Crippen LogP contribution in [0.25, 0.3) is 0 Å². The van der Waals surface area contributed by atoms with Crippen molar-refractivity contribution in [3.8, 4) is 0 Å². The lowest BCUT2D eigenvalue weighted by atomic mass is 10.3. The molecule has 1 heterocycles. The molecule has 0 amide bonds. The summed E-state index contributed by atoms with van der Waals surface area (Å²) in [7, 11) is 0. The Morgan fingerprint density at radius 3 is 2.75 bits per heavy atom. The topological polar surface area (TPSA) is 35.5 Å². The van der Waals surface area contributed by atoms with Crippen LogP contribution in [0.15, 0.2) is 12.2 Å². The Kier molecular flexibility index (Phi) is 2.13. The van der Waals surface area contributed by atoms with E-state index in [1.165, 1.54) is 18.9 Å². The normalized spacial score (nSPS) is 29.7. The van der Waals surface area contributed by atoms with Crippen molar-refractivity contribution in [1.29, 1.82) is 0 Å². The van der Waals surface area contributed by atoms with E-state index in [-0.39, 0.29) is 5.97 Å². The number of carbonyl (C=O) groups excluding carboxylic acids is 1. The molecule has 0 saturated heterocycles. The summed E-state index contributed by atoms with van der Waals surface area (Å²) in [5, 5.41) is 0. The van der Waals surface area contributed by atoms with E-state index in [1.807, 2.05) is 0 Å². The lowest BCUT2D eigenvalue weighted by molar-refractivity contribution is -0.165. The summed E-state index contributed by atoms with van der Waals surface area (Å²) in [4.78, 5) is 10.6. The minimum absolute atomic E-state index is 0.294. The van der Waals surface area contributed by atoms with Crippen molar-refractivity contribution in [2.45, 2.75) is 38.1 Å². The largest absolute Gasteiger partial charge is 0.429 e. The van der Waals surface area contributed by atoms with Gasteiger partial charge < -0.3 is 9.47 Å². The summed E-state index contributed by atoms with van der Waals surface area (Å²) in [6.45, 7) is 0. The van der Waals surface area contributed by atoms with Crippen LogP contribution >= 0.6 is 0 Å². The third-order valence-electron chi connectivity index (χ3n) is 2.25. The number of ether oxygens (including phenoxy) is 2. The number of hydrogen-bond acceptors (Lipinski definition) is 3. The maximum atomic E-state index is 10.6. The predicted octanol–water partition coefficient (Wildman–Crippen LogP) is 1.38. The first-order chi connectivity index (χ1) is 5.84. The molecule has 66 valence electrons. The zero-order chi connectivity index (χ0) is 8.39. The van der Waals surface area contributed by atoms with Gasteiger partial charge in [0.2, 0.25) is 6.29 Å². The van der Waals surface area contributed by atoms with Crippen LogP contribution in [0.1, 0.15) is 25.7 Å². The molecular weight excluding hydrogens is 156 g/mol. The van der Waals surface area contributed by atoms with E-state index in [4.69, 9.17) is 9.47 Å². The van der Waals surface area contributed by atoms with Crippen LogP contribution in [-0.2, 0) is 14.3 Å². The monoisotopic (exact) mass is 168 g/mol. The second kappa shape index (κ2) is 3.27. The van der Waals surface area contributed by atoms with Gasteiger partial charge in [-0.15, -0.1) is 0 Å². The van der Waals surface area contributed by atoms with Crippen LogP contribution in [0.4, 0.5) is 0 Å². The highest BCUT2D eigenvalue weighted by atomic mass is 16.7. The van der Waals surface area contributed by atoms with E-state index >= 15 is 0 Å². The molecule has 3 heteroatoms.